The van der Waals surface area contributed by atoms with Gasteiger partial charge in [-0.1, -0.05) is 24.6 Å². The number of sulfone groups is 1. The molecular formula is C11H12ClFO4S. The van der Waals surface area contributed by atoms with Crippen LogP contribution in [0.25, 0.3) is 0 Å². The summed E-state index contributed by atoms with van der Waals surface area (Å²) in [6.45, 7) is 1.29. The molecule has 100 valence electrons. The Morgan fingerprint density at radius 2 is 2.11 bits per heavy atom. The van der Waals surface area contributed by atoms with E-state index in [2.05, 4.69) is 0 Å². The summed E-state index contributed by atoms with van der Waals surface area (Å²) in [6.07, 6.45) is 0. The van der Waals surface area contributed by atoms with E-state index >= 15 is 0 Å². The third kappa shape index (κ3) is 4.27. The smallest absolute Gasteiger partial charge is 0.307 e. The lowest BCUT2D eigenvalue weighted by molar-refractivity contribution is -0.140. The molecule has 4 nitrogen and oxygen atoms in total. The molecule has 0 saturated heterocycles. The first kappa shape index (κ1) is 14.9. The standard InChI is InChI=1S/C11H12ClFO4S/c1-7(11(14)15)5-18(16,17)6-8-2-3-9(12)4-10(8)13/h2-4,7H,5-6H2,1H3,(H,14,15). The zero-order valence-corrected chi connectivity index (χ0v) is 11.1. The SMILES string of the molecule is CC(CS(=O)(=O)Cc1ccc(Cl)cc1F)C(=O)O. The molecule has 0 radical (unpaired) electrons. The van der Waals surface area contributed by atoms with E-state index in [0.717, 1.165) is 6.07 Å². The topological polar surface area (TPSA) is 71.4 Å². The van der Waals surface area contributed by atoms with E-state index in [0.29, 0.717) is 0 Å². The van der Waals surface area contributed by atoms with Crippen molar-refractivity contribution >= 4 is 27.4 Å². The maximum Gasteiger partial charge on any atom is 0.307 e. The normalized spacial score (nSPS) is 13.3. The number of hydrogen-bond acceptors (Lipinski definition) is 3. The molecular weight excluding hydrogens is 283 g/mol. The van der Waals surface area contributed by atoms with Crippen LogP contribution < -0.4 is 0 Å². The Morgan fingerprint density at radius 1 is 1.50 bits per heavy atom. The Kier molecular flexibility index (Phi) is 4.70. The van der Waals surface area contributed by atoms with Crippen molar-refractivity contribution in [3.05, 3.63) is 34.6 Å². The van der Waals surface area contributed by atoms with Gasteiger partial charge in [-0.3, -0.25) is 4.79 Å². The summed E-state index contributed by atoms with van der Waals surface area (Å²) in [5.41, 5.74) is -0.0167. The van der Waals surface area contributed by atoms with Gasteiger partial charge in [-0.05, 0) is 12.1 Å². The Hall–Kier alpha value is -1.14. The molecule has 1 aromatic carbocycles. The van der Waals surface area contributed by atoms with Crippen LogP contribution in [0.3, 0.4) is 0 Å². The number of rotatable bonds is 5. The van der Waals surface area contributed by atoms with Crippen LogP contribution in [0.2, 0.25) is 5.02 Å². The van der Waals surface area contributed by atoms with Crippen molar-refractivity contribution in [3.8, 4) is 0 Å². The van der Waals surface area contributed by atoms with Gasteiger partial charge in [0, 0.05) is 10.6 Å². The second kappa shape index (κ2) is 5.67. The van der Waals surface area contributed by atoms with Crippen LogP contribution in [0.1, 0.15) is 12.5 Å². The average molecular weight is 295 g/mol. The number of carbonyl (C=O) groups is 1. The zero-order valence-electron chi connectivity index (χ0n) is 9.56. The van der Waals surface area contributed by atoms with Crippen molar-refractivity contribution < 1.29 is 22.7 Å². The van der Waals surface area contributed by atoms with E-state index in [9.17, 15) is 17.6 Å². The predicted molar refractivity (Wildman–Crippen MR) is 65.7 cm³/mol. The van der Waals surface area contributed by atoms with Gasteiger partial charge in [0.05, 0.1) is 17.4 Å². The lowest BCUT2D eigenvalue weighted by Gasteiger charge is -2.08. The molecule has 0 heterocycles. The highest BCUT2D eigenvalue weighted by atomic mass is 35.5. The largest absolute Gasteiger partial charge is 0.481 e. The van der Waals surface area contributed by atoms with Crippen LogP contribution >= 0.6 is 11.6 Å². The zero-order chi connectivity index (χ0) is 13.9. The van der Waals surface area contributed by atoms with Crippen molar-refractivity contribution in [1.82, 2.24) is 0 Å². The predicted octanol–water partition coefficient (Wildman–Crippen LogP) is 2.11. The molecule has 1 atom stereocenters. The van der Waals surface area contributed by atoms with Gasteiger partial charge in [0.1, 0.15) is 5.82 Å². The van der Waals surface area contributed by atoms with Gasteiger partial charge in [0.2, 0.25) is 0 Å². The van der Waals surface area contributed by atoms with E-state index in [4.69, 9.17) is 16.7 Å². The van der Waals surface area contributed by atoms with Crippen molar-refractivity contribution in [2.75, 3.05) is 5.75 Å². The number of carboxylic acids is 1. The molecule has 0 aliphatic carbocycles. The fourth-order valence-corrected chi connectivity index (χ4v) is 3.28. The van der Waals surface area contributed by atoms with Gasteiger partial charge < -0.3 is 5.11 Å². The molecule has 0 bridgehead atoms. The van der Waals surface area contributed by atoms with Gasteiger partial charge in [0.25, 0.3) is 0 Å². The summed E-state index contributed by atoms with van der Waals surface area (Å²) in [5.74, 6) is -3.99. The Bertz CT molecular complexity index is 556. The van der Waals surface area contributed by atoms with Crippen LogP contribution in [0, 0.1) is 11.7 Å². The average Bonchev–Trinajstić information content (AvgIpc) is 2.21. The van der Waals surface area contributed by atoms with Gasteiger partial charge in [-0.15, -0.1) is 0 Å². The van der Waals surface area contributed by atoms with Crippen LogP contribution in [0.15, 0.2) is 18.2 Å². The number of hydrogen-bond donors (Lipinski definition) is 1. The quantitative estimate of drug-likeness (QED) is 0.903. The maximum absolute atomic E-state index is 13.4. The minimum atomic E-state index is -3.68. The third-order valence-corrected chi connectivity index (χ3v) is 4.31. The van der Waals surface area contributed by atoms with Crippen molar-refractivity contribution in [2.45, 2.75) is 12.7 Å². The molecule has 0 aromatic heterocycles. The van der Waals surface area contributed by atoms with Crippen LogP contribution in [-0.4, -0.2) is 25.2 Å². The number of halogens is 2. The summed E-state index contributed by atoms with van der Waals surface area (Å²) in [6, 6.07) is 3.68. The van der Waals surface area contributed by atoms with Crippen LogP contribution in [0.5, 0.6) is 0 Å². The molecule has 0 fully saturated rings. The summed E-state index contributed by atoms with van der Waals surface area (Å²) in [5, 5.41) is 8.82. The van der Waals surface area contributed by atoms with Crippen molar-refractivity contribution in [3.63, 3.8) is 0 Å². The summed E-state index contributed by atoms with van der Waals surface area (Å²) in [4.78, 5) is 10.6. The number of carboxylic acid groups (broad SMARTS) is 1. The minimum absolute atomic E-state index is 0.0167. The molecule has 0 aliphatic heterocycles. The number of benzene rings is 1. The summed E-state index contributed by atoms with van der Waals surface area (Å²) in [7, 11) is -3.68. The molecule has 0 spiro atoms. The monoisotopic (exact) mass is 294 g/mol. The first-order valence-corrected chi connectivity index (χ1v) is 7.28. The second-order valence-electron chi connectivity index (χ2n) is 4.03. The minimum Gasteiger partial charge on any atom is -0.481 e. The molecule has 0 amide bonds. The van der Waals surface area contributed by atoms with Gasteiger partial charge in [-0.2, -0.15) is 0 Å². The van der Waals surface area contributed by atoms with E-state index in [-0.39, 0.29) is 10.6 Å². The molecule has 18 heavy (non-hydrogen) atoms. The summed E-state index contributed by atoms with van der Waals surface area (Å²) < 4.78 is 36.8. The molecule has 1 aromatic rings. The van der Waals surface area contributed by atoms with E-state index in [1.165, 1.54) is 19.1 Å². The molecule has 0 aliphatic rings. The molecule has 7 heteroatoms. The number of aliphatic carboxylic acids is 1. The first-order chi connectivity index (χ1) is 8.21. The van der Waals surface area contributed by atoms with E-state index in [1.807, 2.05) is 0 Å². The summed E-state index contributed by atoms with van der Waals surface area (Å²) >= 11 is 5.55. The maximum atomic E-state index is 13.4. The highest BCUT2D eigenvalue weighted by molar-refractivity contribution is 7.90. The Morgan fingerprint density at radius 3 is 2.61 bits per heavy atom. The molecule has 1 rings (SSSR count). The van der Waals surface area contributed by atoms with Gasteiger partial charge >= 0.3 is 5.97 Å². The van der Waals surface area contributed by atoms with Crippen molar-refractivity contribution in [2.24, 2.45) is 5.92 Å². The molecule has 1 unspecified atom stereocenters. The molecule has 0 saturated carbocycles. The van der Waals surface area contributed by atoms with Crippen LogP contribution in [-0.2, 0) is 20.4 Å². The fourth-order valence-electron chi connectivity index (χ4n) is 1.39. The lowest BCUT2D eigenvalue weighted by Crippen LogP contribution is -2.22. The third-order valence-electron chi connectivity index (χ3n) is 2.32. The second-order valence-corrected chi connectivity index (χ2v) is 6.58. The van der Waals surface area contributed by atoms with Crippen molar-refractivity contribution in [1.29, 1.82) is 0 Å². The molecule has 1 N–H and O–H groups in total. The van der Waals surface area contributed by atoms with Crippen LogP contribution in [0.4, 0.5) is 4.39 Å². The highest BCUT2D eigenvalue weighted by Crippen LogP contribution is 2.18. The Labute approximate surface area is 109 Å². The Balaban J connectivity index is 2.86. The van der Waals surface area contributed by atoms with E-state index < -0.39 is 39.0 Å². The fraction of sp³-hybridized carbons (Fsp3) is 0.364. The van der Waals surface area contributed by atoms with Gasteiger partial charge in [-0.25, -0.2) is 12.8 Å². The van der Waals surface area contributed by atoms with Gasteiger partial charge in [0.15, 0.2) is 9.84 Å². The highest BCUT2D eigenvalue weighted by Gasteiger charge is 2.22. The van der Waals surface area contributed by atoms with E-state index in [1.54, 1.807) is 0 Å². The lowest BCUT2D eigenvalue weighted by atomic mass is 10.2. The first-order valence-electron chi connectivity index (χ1n) is 5.08.